The van der Waals surface area contributed by atoms with Crippen LogP contribution in [0, 0.1) is 0 Å². The van der Waals surface area contributed by atoms with Gasteiger partial charge in [-0.05, 0) is 26.0 Å². The molecule has 0 spiro atoms. The number of sulfonamides is 1. The van der Waals surface area contributed by atoms with Crippen molar-refractivity contribution in [3.8, 4) is 0 Å². The zero-order valence-electron chi connectivity index (χ0n) is 12.5. The Morgan fingerprint density at radius 2 is 2.05 bits per heavy atom. The number of aryl methyl sites for hydroxylation is 1. The highest BCUT2D eigenvalue weighted by Crippen LogP contribution is 2.14. The zero-order chi connectivity index (χ0) is 15.0. The first-order chi connectivity index (χ1) is 9.55. The minimum absolute atomic E-state index is 0.277. The van der Waals surface area contributed by atoms with Crippen molar-refractivity contribution >= 4 is 10.0 Å². The van der Waals surface area contributed by atoms with Crippen LogP contribution < -0.4 is 10.0 Å². The fraction of sp³-hybridized carbons (Fsp3) is 0.692. The third-order valence-corrected chi connectivity index (χ3v) is 4.37. The Kier molecular flexibility index (Phi) is 7.22. The van der Waals surface area contributed by atoms with Crippen LogP contribution in [0.4, 0.5) is 0 Å². The normalized spacial score (nSPS) is 11.9. The van der Waals surface area contributed by atoms with Crippen LogP contribution in [0.1, 0.15) is 26.0 Å². The molecule has 0 aliphatic carbocycles. The molecule has 6 nitrogen and oxygen atoms in total. The number of rotatable bonds is 10. The van der Waals surface area contributed by atoms with Crippen LogP contribution >= 0.6 is 0 Å². The predicted octanol–water partition coefficient (Wildman–Crippen LogP) is 0.932. The first kappa shape index (κ1) is 17.2. The van der Waals surface area contributed by atoms with Crippen molar-refractivity contribution in [3.05, 3.63) is 18.0 Å². The van der Waals surface area contributed by atoms with Gasteiger partial charge in [0.25, 0.3) is 0 Å². The molecule has 0 radical (unpaired) electrons. The second kappa shape index (κ2) is 8.41. The maximum absolute atomic E-state index is 12.1. The summed E-state index contributed by atoms with van der Waals surface area (Å²) in [6, 6.07) is 1.72. The molecule has 7 heteroatoms. The van der Waals surface area contributed by atoms with Gasteiger partial charge in [0.1, 0.15) is 0 Å². The lowest BCUT2D eigenvalue weighted by molar-refractivity contribution is 0.204. The number of methoxy groups -OCH3 is 1. The van der Waals surface area contributed by atoms with E-state index in [9.17, 15) is 8.42 Å². The molecule has 1 rings (SSSR count). The van der Waals surface area contributed by atoms with Gasteiger partial charge in [-0.15, -0.1) is 0 Å². The third kappa shape index (κ3) is 4.90. The molecule has 116 valence electrons. The minimum Gasteiger partial charge on any atom is -0.383 e. The third-order valence-electron chi connectivity index (χ3n) is 2.94. The number of hydrogen-bond donors (Lipinski definition) is 2. The van der Waals surface area contributed by atoms with E-state index in [1.165, 1.54) is 0 Å². The predicted molar refractivity (Wildman–Crippen MR) is 79.2 cm³/mol. The maximum Gasteiger partial charge on any atom is 0.242 e. The van der Waals surface area contributed by atoms with E-state index in [4.69, 9.17) is 4.74 Å². The average Bonchev–Trinajstić information content (AvgIpc) is 2.83. The summed E-state index contributed by atoms with van der Waals surface area (Å²) in [6.45, 7) is 7.08. The Labute approximate surface area is 121 Å². The van der Waals surface area contributed by atoms with E-state index < -0.39 is 10.0 Å². The molecular weight excluding hydrogens is 278 g/mol. The van der Waals surface area contributed by atoms with Crippen molar-refractivity contribution in [2.75, 3.05) is 26.8 Å². The van der Waals surface area contributed by atoms with Gasteiger partial charge in [0.05, 0.1) is 11.5 Å². The van der Waals surface area contributed by atoms with Gasteiger partial charge in [-0.25, -0.2) is 13.1 Å². The average molecular weight is 303 g/mol. The van der Waals surface area contributed by atoms with E-state index in [1.54, 1.807) is 19.4 Å². The maximum atomic E-state index is 12.1. The molecule has 0 unspecified atom stereocenters. The lowest BCUT2D eigenvalue weighted by Gasteiger charge is -2.06. The van der Waals surface area contributed by atoms with Gasteiger partial charge >= 0.3 is 0 Å². The number of aromatic nitrogens is 1. The van der Waals surface area contributed by atoms with Crippen LogP contribution in [-0.4, -0.2) is 39.8 Å². The molecule has 0 aliphatic rings. The molecule has 0 fully saturated rings. The van der Waals surface area contributed by atoms with E-state index in [0.717, 1.165) is 25.2 Å². The molecule has 2 N–H and O–H groups in total. The second-order valence-electron chi connectivity index (χ2n) is 4.52. The van der Waals surface area contributed by atoms with E-state index in [1.807, 2.05) is 11.5 Å². The molecule has 0 aromatic carbocycles. The van der Waals surface area contributed by atoms with Gasteiger partial charge in [-0.3, -0.25) is 0 Å². The Morgan fingerprint density at radius 3 is 2.65 bits per heavy atom. The summed E-state index contributed by atoms with van der Waals surface area (Å²) >= 11 is 0. The molecule has 1 aromatic rings. The van der Waals surface area contributed by atoms with Gasteiger partial charge in [-0.1, -0.05) is 6.92 Å². The van der Waals surface area contributed by atoms with Gasteiger partial charge < -0.3 is 14.6 Å². The van der Waals surface area contributed by atoms with Crippen LogP contribution in [0.2, 0.25) is 0 Å². The second-order valence-corrected chi connectivity index (χ2v) is 6.29. The summed E-state index contributed by atoms with van der Waals surface area (Å²) in [4.78, 5) is 0.309. The summed E-state index contributed by atoms with van der Waals surface area (Å²) in [5.74, 6) is 0. The number of nitrogens with zero attached hydrogens (tertiary/aromatic N) is 1. The van der Waals surface area contributed by atoms with Crippen LogP contribution in [0.5, 0.6) is 0 Å². The van der Waals surface area contributed by atoms with Crippen molar-refractivity contribution < 1.29 is 13.2 Å². The quantitative estimate of drug-likeness (QED) is 0.631. The van der Waals surface area contributed by atoms with Crippen molar-refractivity contribution in [3.63, 3.8) is 0 Å². The van der Waals surface area contributed by atoms with Crippen LogP contribution in [0.15, 0.2) is 17.2 Å². The summed E-state index contributed by atoms with van der Waals surface area (Å²) in [5.41, 5.74) is 0.980. The molecule has 1 heterocycles. The highest BCUT2D eigenvalue weighted by Gasteiger charge is 2.17. The first-order valence-electron chi connectivity index (χ1n) is 6.93. The zero-order valence-corrected chi connectivity index (χ0v) is 13.3. The van der Waals surface area contributed by atoms with E-state index in [0.29, 0.717) is 18.0 Å². The van der Waals surface area contributed by atoms with E-state index in [2.05, 4.69) is 17.0 Å². The Bertz CT molecular complexity index is 497. The molecule has 0 amide bonds. The lowest BCUT2D eigenvalue weighted by Crippen LogP contribution is -2.26. The van der Waals surface area contributed by atoms with Crippen molar-refractivity contribution in [2.24, 2.45) is 0 Å². The van der Waals surface area contributed by atoms with Crippen molar-refractivity contribution in [1.29, 1.82) is 0 Å². The SMILES string of the molecule is CCCNCc1cc(S(=O)(=O)NCCOC)cn1CC. The van der Waals surface area contributed by atoms with E-state index in [-0.39, 0.29) is 6.54 Å². The largest absolute Gasteiger partial charge is 0.383 e. The Balaban J connectivity index is 2.79. The molecule has 0 bridgehead atoms. The van der Waals surface area contributed by atoms with Crippen LogP contribution in [-0.2, 0) is 27.8 Å². The standard InChI is InChI=1S/C13H25N3O3S/c1-4-6-14-10-12-9-13(11-16(12)5-2)20(17,18)15-7-8-19-3/h9,11,14-15H,4-8,10H2,1-3H3. The van der Waals surface area contributed by atoms with Gasteiger partial charge in [0.15, 0.2) is 0 Å². The Morgan fingerprint density at radius 1 is 1.30 bits per heavy atom. The molecule has 1 aromatic heterocycles. The number of ether oxygens (including phenoxy) is 1. The Hall–Kier alpha value is -0.890. The summed E-state index contributed by atoms with van der Waals surface area (Å²) < 4.78 is 33.6. The summed E-state index contributed by atoms with van der Waals surface area (Å²) in [7, 11) is -1.91. The minimum atomic E-state index is -3.45. The highest BCUT2D eigenvalue weighted by molar-refractivity contribution is 7.89. The molecule has 0 saturated carbocycles. The lowest BCUT2D eigenvalue weighted by atomic mass is 10.4. The van der Waals surface area contributed by atoms with Gasteiger partial charge in [0, 0.05) is 38.6 Å². The molecule has 0 saturated heterocycles. The number of hydrogen-bond acceptors (Lipinski definition) is 4. The number of nitrogens with one attached hydrogen (secondary N) is 2. The fourth-order valence-corrected chi connectivity index (χ4v) is 2.95. The van der Waals surface area contributed by atoms with Crippen molar-refractivity contribution in [1.82, 2.24) is 14.6 Å². The van der Waals surface area contributed by atoms with Crippen LogP contribution in [0.25, 0.3) is 0 Å². The fourth-order valence-electron chi connectivity index (χ4n) is 1.87. The smallest absolute Gasteiger partial charge is 0.242 e. The van der Waals surface area contributed by atoms with Gasteiger partial charge in [0.2, 0.25) is 10.0 Å². The van der Waals surface area contributed by atoms with Gasteiger partial charge in [-0.2, -0.15) is 0 Å². The topological polar surface area (TPSA) is 72.4 Å². The first-order valence-corrected chi connectivity index (χ1v) is 8.41. The monoisotopic (exact) mass is 303 g/mol. The molecular formula is C13H25N3O3S. The molecule has 0 aliphatic heterocycles. The highest BCUT2D eigenvalue weighted by atomic mass is 32.2. The van der Waals surface area contributed by atoms with E-state index >= 15 is 0 Å². The molecule has 20 heavy (non-hydrogen) atoms. The summed E-state index contributed by atoms with van der Waals surface area (Å²) in [5, 5.41) is 3.29. The molecule has 0 atom stereocenters. The summed E-state index contributed by atoms with van der Waals surface area (Å²) in [6.07, 6.45) is 2.73. The van der Waals surface area contributed by atoms with Crippen molar-refractivity contribution in [2.45, 2.75) is 38.3 Å². The van der Waals surface area contributed by atoms with Crippen LogP contribution in [0.3, 0.4) is 0 Å².